The lowest BCUT2D eigenvalue weighted by Gasteiger charge is -2.32. The number of carbonyl (C=O) groups excluding carboxylic acids is 2. The van der Waals surface area contributed by atoms with Crippen molar-refractivity contribution in [3.05, 3.63) is 29.8 Å². The van der Waals surface area contributed by atoms with Gasteiger partial charge in [-0.2, -0.15) is 0 Å². The second-order valence-corrected chi connectivity index (χ2v) is 10.6. The highest BCUT2D eigenvalue weighted by Crippen LogP contribution is 2.51. The fourth-order valence-corrected chi connectivity index (χ4v) is 5.04. The fraction of sp³-hybridized carbons (Fsp3) is 0.636. The lowest BCUT2D eigenvalue weighted by Crippen LogP contribution is -2.43. The van der Waals surface area contributed by atoms with Crippen molar-refractivity contribution in [2.75, 3.05) is 31.6 Å². The molecule has 1 aromatic rings. The van der Waals surface area contributed by atoms with Crippen molar-refractivity contribution in [3.63, 3.8) is 0 Å². The zero-order chi connectivity index (χ0) is 23.1. The van der Waals surface area contributed by atoms with Gasteiger partial charge in [0.25, 0.3) is 0 Å². The molecule has 1 N–H and O–H groups in total. The van der Waals surface area contributed by atoms with E-state index in [9.17, 15) is 14.2 Å². The van der Waals surface area contributed by atoms with Crippen molar-refractivity contribution in [2.45, 2.75) is 59.2 Å². The number of piperidine rings is 1. The number of hydrogen-bond donors (Lipinski definition) is 1. The Kier molecular flexibility index (Phi) is 9.10. The molecular formula is C22H35N2O6P. The summed E-state index contributed by atoms with van der Waals surface area (Å²) in [5.74, 6) is -0.222. The van der Waals surface area contributed by atoms with Gasteiger partial charge in [0.05, 0.1) is 19.4 Å². The summed E-state index contributed by atoms with van der Waals surface area (Å²) >= 11 is 0. The highest BCUT2D eigenvalue weighted by Gasteiger charge is 2.30. The van der Waals surface area contributed by atoms with Gasteiger partial charge in [0.15, 0.2) is 0 Å². The Labute approximate surface area is 185 Å². The van der Waals surface area contributed by atoms with Crippen LogP contribution in [-0.2, 0) is 29.3 Å². The molecule has 0 aliphatic carbocycles. The van der Waals surface area contributed by atoms with Gasteiger partial charge in [-0.3, -0.25) is 9.36 Å². The number of benzene rings is 1. The van der Waals surface area contributed by atoms with Gasteiger partial charge in [0.2, 0.25) is 5.91 Å². The van der Waals surface area contributed by atoms with E-state index in [0.29, 0.717) is 44.8 Å². The number of amides is 2. The van der Waals surface area contributed by atoms with Gasteiger partial charge in [-0.25, -0.2) is 4.79 Å². The molecule has 2 amide bonds. The molecule has 0 saturated carbocycles. The van der Waals surface area contributed by atoms with Crippen LogP contribution in [0.25, 0.3) is 0 Å². The van der Waals surface area contributed by atoms with Crippen LogP contribution in [0.1, 0.15) is 53.0 Å². The van der Waals surface area contributed by atoms with Gasteiger partial charge in [0.1, 0.15) is 5.60 Å². The van der Waals surface area contributed by atoms with E-state index >= 15 is 0 Å². The molecule has 2 rings (SSSR count). The Morgan fingerprint density at radius 1 is 1.06 bits per heavy atom. The SMILES string of the molecule is CCOP(=O)(Cc1ccc(NC(=O)C2CCN(C(=O)OC(C)(C)C)CC2)cc1)OCC. The lowest BCUT2D eigenvalue weighted by molar-refractivity contribution is -0.121. The lowest BCUT2D eigenvalue weighted by atomic mass is 9.96. The van der Waals surface area contributed by atoms with E-state index in [-0.39, 0.29) is 24.1 Å². The first kappa shape index (κ1) is 25.4. The first-order chi connectivity index (χ1) is 14.5. The van der Waals surface area contributed by atoms with Crippen LogP contribution in [0.4, 0.5) is 10.5 Å². The Balaban J connectivity index is 1.86. The van der Waals surface area contributed by atoms with E-state index in [4.69, 9.17) is 13.8 Å². The van der Waals surface area contributed by atoms with Gasteiger partial charge in [-0.15, -0.1) is 0 Å². The molecule has 9 heteroatoms. The number of ether oxygens (including phenoxy) is 1. The summed E-state index contributed by atoms with van der Waals surface area (Å²) in [7, 11) is -3.16. The Morgan fingerprint density at radius 3 is 2.10 bits per heavy atom. The summed E-state index contributed by atoms with van der Waals surface area (Å²) in [5.41, 5.74) is 0.955. The summed E-state index contributed by atoms with van der Waals surface area (Å²) < 4.78 is 28.7. The van der Waals surface area contributed by atoms with Crippen LogP contribution in [0.2, 0.25) is 0 Å². The summed E-state index contributed by atoms with van der Waals surface area (Å²) in [6, 6.07) is 7.19. The number of hydrogen-bond acceptors (Lipinski definition) is 6. The minimum atomic E-state index is -3.16. The van der Waals surface area contributed by atoms with Crippen LogP contribution in [-0.4, -0.2) is 48.8 Å². The van der Waals surface area contributed by atoms with Crippen molar-refractivity contribution >= 4 is 25.3 Å². The average molecular weight is 455 g/mol. The molecule has 0 atom stereocenters. The molecule has 0 unspecified atom stereocenters. The monoisotopic (exact) mass is 454 g/mol. The average Bonchev–Trinajstić information content (AvgIpc) is 2.68. The first-order valence-corrected chi connectivity index (χ1v) is 12.5. The van der Waals surface area contributed by atoms with Crippen LogP contribution >= 0.6 is 7.60 Å². The molecule has 31 heavy (non-hydrogen) atoms. The Bertz CT molecular complexity index is 772. The van der Waals surface area contributed by atoms with E-state index in [0.717, 1.165) is 5.56 Å². The second-order valence-electron chi connectivity index (χ2n) is 8.53. The van der Waals surface area contributed by atoms with E-state index in [1.54, 1.807) is 30.9 Å². The summed E-state index contributed by atoms with van der Waals surface area (Å²) in [5, 5.41) is 2.93. The molecule has 0 radical (unpaired) electrons. The molecule has 174 valence electrons. The second kappa shape index (κ2) is 11.1. The third-order valence-electron chi connectivity index (χ3n) is 4.77. The Morgan fingerprint density at radius 2 is 1.61 bits per heavy atom. The smallest absolute Gasteiger partial charge is 0.410 e. The van der Waals surface area contributed by atoms with Crippen molar-refractivity contribution in [3.8, 4) is 0 Å². The normalized spacial score (nSPS) is 15.6. The predicted molar refractivity (Wildman–Crippen MR) is 120 cm³/mol. The first-order valence-electron chi connectivity index (χ1n) is 10.8. The number of carbonyl (C=O) groups is 2. The van der Waals surface area contributed by atoms with E-state index in [1.165, 1.54) is 0 Å². The molecule has 8 nitrogen and oxygen atoms in total. The van der Waals surface area contributed by atoms with Crippen LogP contribution in [0.5, 0.6) is 0 Å². The van der Waals surface area contributed by atoms with Crippen LogP contribution in [0, 0.1) is 5.92 Å². The number of likely N-dealkylation sites (tertiary alicyclic amines) is 1. The minimum Gasteiger partial charge on any atom is -0.444 e. The highest BCUT2D eigenvalue weighted by atomic mass is 31.2. The number of anilines is 1. The molecule has 0 bridgehead atoms. The van der Waals surface area contributed by atoms with E-state index in [1.807, 2.05) is 32.9 Å². The van der Waals surface area contributed by atoms with Gasteiger partial charge in [-0.05, 0) is 65.2 Å². The maximum atomic E-state index is 12.7. The topological polar surface area (TPSA) is 94.2 Å². The largest absolute Gasteiger partial charge is 0.444 e. The molecule has 1 aliphatic heterocycles. The third-order valence-corrected chi connectivity index (χ3v) is 6.82. The maximum Gasteiger partial charge on any atom is 0.410 e. The standard InChI is InChI=1S/C22H35N2O6P/c1-6-28-31(27,29-7-2)16-17-8-10-19(11-9-17)23-20(25)18-12-14-24(15-13-18)21(26)30-22(3,4)5/h8-11,18H,6-7,12-16H2,1-5H3,(H,23,25). The van der Waals surface area contributed by atoms with Crippen LogP contribution < -0.4 is 5.32 Å². The summed E-state index contributed by atoms with van der Waals surface area (Å²) in [4.78, 5) is 26.4. The van der Waals surface area contributed by atoms with E-state index < -0.39 is 13.2 Å². The number of nitrogens with one attached hydrogen (secondary N) is 1. The highest BCUT2D eigenvalue weighted by molar-refractivity contribution is 7.53. The van der Waals surface area contributed by atoms with Crippen LogP contribution in [0.3, 0.4) is 0 Å². The van der Waals surface area contributed by atoms with E-state index in [2.05, 4.69) is 5.32 Å². The molecule has 0 spiro atoms. The molecule has 1 aromatic carbocycles. The molecule has 1 aliphatic rings. The zero-order valence-electron chi connectivity index (χ0n) is 19.2. The van der Waals surface area contributed by atoms with Gasteiger partial charge in [-0.1, -0.05) is 12.1 Å². The fourth-order valence-electron chi connectivity index (χ4n) is 3.33. The number of nitrogens with zero attached hydrogens (tertiary/aromatic N) is 1. The predicted octanol–water partition coefficient (Wildman–Crippen LogP) is 5.04. The quantitative estimate of drug-likeness (QED) is 0.553. The summed E-state index contributed by atoms with van der Waals surface area (Å²) in [6.45, 7) is 10.7. The van der Waals surface area contributed by atoms with Crippen molar-refractivity contribution in [1.82, 2.24) is 4.90 Å². The van der Waals surface area contributed by atoms with Crippen molar-refractivity contribution in [1.29, 1.82) is 0 Å². The summed E-state index contributed by atoms with van der Waals surface area (Å²) in [6.07, 6.45) is 1.04. The molecular weight excluding hydrogens is 419 g/mol. The van der Waals surface area contributed by atoms with Crippen LogP contribution in [0.15, 0.2) is 24.3 Å². The third kappa shape index (κ3) is 8.28. The van der Waals surface area contributed by atoms with Gasteiger partial charge in [0, 0.05) is 24.7 Å². The van der Waals surface area contributed by atoms with Crippen molar-refractivity contribution in [2.24, 2.45) is 5.92 Å². The Hall–Kier alpha value is -1.89. The maximum absolute atomic E-state index is 12.7. The van der Waals surface area contributed by atoms with Crippen molar-refractivity contribution < 1.29 is 27.9 Å². The minimum absolute atomic E-state index is 0.0640. The van der Waals surface area contributed by atoms with Gasteiger partial charge >= 0.3 is 13.7 Å². The molecule has 1 fully saturated rings. The molecule has 0 aromatic heterocycles. The number of rotatable bonds is 8. The van der Waals surface area contributed by atoms with Gasteiger partial charge < -0.3 is 24.0 Å². The zero-order valence-corrected chi connectivity index (χ0v) is 20.1. The molecule has 1 saturated heterocycles. The molecule has 1 heterocycles.